The number of aromatic nitrogens is 2. The van der Waals surface area contributed by atoms with Crippen molar-refractivity contribution in [2.24, 2.45) is 0 Å². The number of halogens is 2. The molecule has 17 heavy (non-hydrogen) atoms. The van der Waals surface area contributed by atoms with Gasteiger partial charge in [0.25, 0.3) is 0 Å². The van der Waals surface area contributed by atoms with E-state index >= 15 is 0 Å². The first kappa shape index (κ1) is 13.6. The molecule has 2 atom stereocenters. The zero-order valence-corrected chi connectivity index (χ0v) is 13.5. The molecule has 0 aliphatic heterocycles. The van der Waals surface area contributed by atoms with Gasteiger partial charge in [0.2, 0.25) is 0 Å². The van der Waals surface area contributed by atoms with Crippen LogP contribution in [-0.4, -0.2) is 14.6 Å². The van der Waals surface area contributed by atoms with Crippen LogP contribution >= 0.6 is 31.9 Å². The maximum Gasteiger partial charge on any atom is 0.0635 e. The maximum absolute atomic E-state index is 4.49. The van der Waals surface area contributed by atoms with Crippen LogP contribution in [0.5, 0.6) is 0 Å². The summed E-state index contributed by atoms with van der Waals surface area (Å²) in [4.78, 5) is 0.605. The minimum Gasteiger partial charge on any atom is -0.268 e. The summed E-state index contributed by atoms with van der Waals surface area (Å²) in [5.74, 6) is 0.612. The van der Waals surface area contributed by atoms with Crippen molar-refractivity contribution in [2.45, 2.75) is 62.7 Å². The standard InChI is InChI=1S/C13H20Br2N2/c1-2-8-17-13(12(15)9-16-17)10-6-4-3-5-7-11(10)14/h9-11H,2-8H2,1H3. The van der Waals surface area contributed by atoms with E-state index in [-0.39, 0.29) is 0 Å². The van der Waals surface area contributed by atoms with Gasteiger partial charge in [-0.15, -0.1) is 0 Å². The molecule has 4 heteroatoms. The van der Waals surface area contributed by atoms with E-state index < -0.39 is 0 Å². The smallest absolute Gasteiger partial charge is 0.0635 e. The second-order valence-electron chi connectivity index (χ2n) is 4.86. The van der Waals surface area contributed by atoms with Crippen LogP contribution in [0.3, 0.4) is 0 Å². The molecule has 0 N–H and O–H groups in total. The van der Waals surface area contributed by atoms with E-state index in [9.17, 15) is 0 Å². The average Bonchev–Trinajstić information content (AvgIpc) is 2.53. The average molecular weight is 364 g/mol. The number of rotatable bonds is 3. The molecule has 1 heterocycles. The number of alkyl halides is 1. The van der Waals surface area contributed by atoms with Gasteiger partial charge >= 0.3 is 0 Å². The van der Waals surface area contributed by atoms with E-state index in [0.717, 1.165) is 13.0 Å². The van der Waals surface area contributed by atoms with Crippen LogP contribution in [0.15, 0.2) is 10.7 Å². The predicted molar refractivity (Wildman–Crippen MR) is 78.8 cm³/mol. The molecule has 2 unspecified atom stereocenters. The number of hydrogen-bond donors (Lipinski definition) is 0. The molecule has 0 aromatic carbocycles. The lowest BCUT2D eigenvalue weighted by Gasteiger charge is -2.22. The van der Waals surface area contributed by atoms with Gasteiger partial charge in [-0.3, -0.25) is 4.68 Å². The molecular formula is C13H20Br2N2. The molecule has 0 amide bonds. The second kappa shape index (κ2) is 6.37. The summed E-state index contributed by atoms with van der Waals surface area (Å²) in [6.45, 7) is 3.23. The van der Waals surface area contributed by atoms with Crippen LogP contribution in [0.25, 0.3) is 0 Å². The summed E-state index contributed by atoms with van der Waals surface area (Å²) in [6, 6.07) is 0. The Hall–Kier alpha value is 0.170. The molecule has 0 saturated heterocycles. The van der Waals surface area contributed by atoms with E-state index in [1.54, 1.807) is 0 Å². The first-order valence-corrected chi connectivity index (χ1v) is 8.30. The molecule has 1 saturated carbocycles. The van der Waals surface area contributed by atoms with E-state index in [1.165, 1.54) is 42.3 Å². The van der Waals surface area contributed by atoms with Crippen molar-refractivity contribution in [3.63, 3.8) is 0 Å². The molecule has 1 aliphatic carbocycles. The summed E-state index contributed by atoms with van der Waals surface area (Å²) in [5.41, 5.74) is 1.40. The van der Waals surface area contributed by atoms with Gasteiger partial charge in [-0.05, 0) is 35.2 Å². The Labute approximate surface area is 120 Å². The third-order valence-corrected chi connectivity index (χ3v) is 5.26. The van der Waals surface area contributed by atoms with Gasteiger partial charge in [0.15, 0.2) is 0 Å². The van der Waals surface area contributed by atoms with Crippen molar-refractivity contribution in [1.82, 2.24) is 9.78 Å². The van der Waals surface area contributed by atoms with Crippen molar-refractivity contribution in [3.8, 4) is 0 Å². The zero-order chi connectivity index (χ0) is 12.3. The maximum atomic E-state index is 4.49. The Morgan fingerprint density at radius 1 is 1.35 bits per heavy atom. The monoisotopic (exact) mass is 362 g/mol. The SMILES string of the molecule is CCCn1ncc(Br)c1C1CCCCCC1Br. The topological polar surface area (TPSA) is 17.8 Å². The van der Waals surface area contributed by atoms with Gasteiger partial charge in [-0.25, -0.2) is 0 Å². The fourth-order valence-electron chi connectivity index (χ4n) is 2.70. The van der Waals surface area contributed by atoms with Gasteiger partial charge in [0.05, 0.1) is 16.4 Å². The highest BCUT2D eigenvalue weighted by Crippen LogP contribution is 2.39. The Balaban J connectivity index is 2.26. The van der Waals surface area contributed by atoms with Gasteiger partial charge in [0.1, 0.15) is 0 Å². The molecule has 2 rings (SSSR count). The largest absolute Gasteiger partial charge is 0.268 e. The summed E-state index contributed by atoms with van der Waals surface area (Å²) in [5, 5.41) is 4.49. The van der Waals surface area contributed by atoms with E-state index in [2.05, 4.69) is 48.6 Å². The summed E-state index contributed by atoms with van der Waals surface area (Å²) < 4.78 is 3.37. The van der Waals surface area contributed by atoms with Crippen molar-refractivity contribution in [1.29, 1.82) is 0 Å². The molecule has 0 spiro atoms. The quantitative estimate of drug-likeness (QED) is 0.553. The highest BCUT2D eigenvalue weighted by molar-refractivity contribution is 9.10. The fourth-order valence-corrected chi connectivity index (χ4v) is 4.13. The Morgan fingerprint density at radius 2 is 2.12 bits per heavy atom. The molecule has 2 nitrogen and oxygen atoms in total. The third-order valence-electron chi connectivity index (χ3n) is 3.55. The first-order valence-electron chi connectivity index (χ1n) is 6.59. The number of hydrogen-bond acceptors (Lipinski definition) is 1. The Morgan fingerprint density at radius 3 is 2.88 bits per heavy atom. The lowest BCUT2D eigenvalue weighted by Crippen LogP contribution is -2.17. The molecule has 1 fully saturated rings. The highest BCUT2D eigenvalue weighted by atomic mass is 79.9. The van der Waals surface area contributed by atoms with Crippen LogP contribution < -0.4 is 0 Å². The number of aryl methyl sites for hydroxylation is 1. The van der Waals surface area contributed by atoms with Crippen LogP contribution in [0.2, 0.25) is 0 Å². The molecule has 96 valence electrons. The number of nitrogens with zero attached hydrogens (tertiary/aromatic N) is 2. The molecular weight excluding hydrogens is 344 g/mol. The van der Waals surface area contributed by atoms with E-state index in [4.69, 9.17) is 0 Å². The molecule has 1 aliphatic rings. The molecule has 1 aromatic heterocycles. The summed E-state index contributed by atoms with van der Waals surface area (Å²) in [6.07, 6.45) is 9.73. The molecule has 0 radical (unpaired) electrons. The van der Waals surface area contributed by atoms with Crippen molar-refractivity contribution < 1.29 is 0 Å². The minimum absolute atomic E-state index is 0.605. The summed E-state index contributed by atoms with van der Waals surface area (Å²) >= 11 is 7.56. The van der Waals surface area contributed by atoms with Gasteiger partial charge < -0.3 is 0 Å². The van der Waals surface area contributed by atoms with Gasteiger partial charge in [0, 0.05) is 17.3 Å². The second-order valence-corrected chi connectivity index (χ2v) is 6.89. The normalized spacial score (nSPS) is 25.8. The van der Waals surface area contributed by atoms with E-state index in [1.807, 2.05) is 6.20 Å². The highest BCUT2D eigenvalue weighted by Gasteiger charge is 2.27. The van der Waals surface area contributed by atoms with Crippen molar-refractivity contribution >= 4 is 31.9 Å². The third kappa shape index (κ3) is 3.14. The first-order chi connectivity index (χ1) is 8.24. The van der Waals surface area contributed by atoms with Crippen LogP contribution in [0, 0.1) is 0 Å². The van der Waals surface area contributed by atoms with Gasteiger partial charge in [-0.1, -0.05) is 42.1 Å². The lowest BCUT2D eigenvalue weighted by atomic mass is 9.96. The Kier molecular flexibility index (Phi) is 5.10. The van der Waals surface area contributed by atoms with E-state index in [0.29, 0.717) is 10.7 Å². The van der Waals surface area contributed by atoms with Crippen LogP contribution in [0.1, 0.15) is 57.1 Å². The predicted octanol–water partition coefficient (Wildman–Crippen LogP) is 4.87. The fraction of sp³-hybridized carbons (Fsp3) is 0.769. The molecule has 0 bridgehead atoms. The van der Waals surface area contributed by atoms with Crippen molar-refractivity contribution in [2.75, 3.05) is 0 Å². The van der Waals surface area contributed by atoms with Crippen LogP contribution in [-0.2, 0) is 6.54 Å². The van der Waals surface area contributed by atoms with Crippen LogP contribution in [0.4, 0.5) is 0 Å². The zero-order valence-electron chi connectivity index (χ0n) is 10.3. The Bertz CT molecular complexity index is 362. The summed E-state index contributed by atoms with van der Waals surface area (Å²) in [7, 11) is 0. The lowest BCUT2D eigenvalue weighted by molar-refractivity contribution is 0.508. The van der Waals surface area contributed by atoms with Crippen molar-refractivity contribution in [3.05, 3.63) is 16.4 Å². The minimum atomic E-state index is 0.605. The molecule has 1 aromatic rings. The van der Waals surface area contributed by atoms with Gasteiger partial charge in [-0.2, -0.15) is 5.10 Å².